The van der Waals surface area contributed by atoms with Crippen LogP contribution in [0.3, 0.4) is 0 Å². The molecular formula is C50H60Br2N2O6. The van der Waals surface area contributed by atoms with Crippen molar-refractivity contribution in [2.75, 3.05) is 65.6 Å². The molecule has 2 heterocycles. The lowest BCUT2D eigenvalue weighted by molar-refractivity contribution is -0.924. The number of ketones is 2. The molecule has 4 aromatic rings. The van der Waals surface area contributed by atoms with Gasteiger partial charge in [0.05, 0.1) is 64.3 Å². The second-order valence-electron chi connectivity index (χ2n) is 17.0. The van der Waals surface area contributed by atoms with Gasteiger partial charge in [0.2, 0.25) is 11.6 Å². The summed E-state index contributed by atoms with van der Waals surface area (Å²) in [5, 5.41) is 0. The number of likely N-dealkylation sites (tertiary alicyclic amines) is 2. The molecule has 3 fully saturated rings. The molecule has 1 aliphatic carbocycles. The molecule has 8 nitrogen and oxygen atoms in total. The molecule has 2 aliphatic heterocycles. The maximum atomic E-state index is 14.3. The zero-order chi connectivity index (χ0) is 40.2. The van der Waals surface area contributed by atoms with Crippen LogP contribution in [0.4, 0.5) is 0 Å². The smallest absolute Gasteiger partial charge is 0.310 e. The maximum Gasteiger partial charge on any atom is 0.310 e. The summed E-state index contributed by atoms with van der Waals surface area (Å²) in [7, 11) is 0. The Hall–Kier alpha value is -3.96. The first kappa shape index (κ1) is 47.1. The Balaban J connectivity index is 0.00000341. The number of rotatable bonds is 18. The molecule has 0 atom stereocenters. The lowest BCUT2D eigenvalue weighted by Crippen LogP contribution is -3.00. The van der Waals surface area contributed by atoms with Gasteiger partial charge in [-0.2, -0.15) is 0 Å². The number of hydrogen-bond acceptors (Lipinski definition) is 6. The number of hydrogen-bond donors (Lipinski definition) is 0. The number of Topliss-reactive ketones (excluding diaryl/α,β-unsaturated/α-hetero) is 2. The average molecular weight is 945 g/mol. The van der Waals surface area contributed by atoms with Gasteiger partial charge in [-0.1, -0.05) is 121 Å². The molecule has 3 aliphatic rings. The van der Waals surface area contributed by atoms with Gasteiger partial charge in [-0.05, 0) is 49.7 Å². The first-order valence-electron chi connectivity index (χ1n) is 21.7. The summed E-state index contributed by atoms with van der Waals surface area (Å²) >= 11 is 0. The minimum Gasteiger partial charge on any atom is -1.00 e. The third-order valence-corrected chi connectivity index (χ3v) is 13.2. The molecule has 0 radical (unpaired) electrons. The summed E-state index contributed by atoms with van der Waals surface area (Å²) in [6.45, 7) is 6.82. The molecule has 4 aromatic carbocycles. The quantitative estimate of drug-likeness (QED) is 0.0661. The molecular weight excluding hydrogens is 884 g/mol. The fourth-order valence-electron chi connectivity index (χ4n) is 10.2. The van der Waals surface area contributed by atoms with Crippen molar-refractivity contribution in [1.82, 2.24) is 0 Å². The van der Waals surface area contributed by atoms with Gasteiger partial charge in [0.25, 0.3) is 0 Å². The first-order chi connectivity index (χ1) is 28.4. The van der Waals surface area contributed by atoms with Crippen LogP contribution in [0.25, 0.3) is 0 Å². The van der Waals surface area contributed by atoms with E-state index in [-0.39, 0.29) is 82.5 Å². The lowest BCUT2D eigenvalue weighted by atomic mass is 9.52. The third kappa shape index (κ3) is 11.7. The molecule has 2 saturated heterocycles. The summed E-state index contributed by atoms with van der Waals surface area (Å²) in [5.74, 6) is -2.15. The summed E-state index contributed by atoms with van der Waals surface area (Å²) in [4.78, 5) is 55.2. The van der Waals surface area contributed by atoms with E-state index >= 15 is 0 Å². The molecule has 320 valence electrons. The minimum atomic E-state index is -0.550. The van der Waals surface area contributed by atoms with E-state index in [1.807, 2.05) is 121 Å². The van der Waals surface area contributed by atoms with E-state index in [2.05, 4.69) is 0 Å². The van der Waals surface area contributed by atoms with E-state index in [0.29, 0.717) is 25.9 Å². The number of piperidine rings is 2. The summed E-state index contributed by atoms with van der Waals surface area (Å²) in [6.07, 6.45) is 8.04. The highest BCUT2D eigenvalue weighted by molar-refractivity contribution is 5.97. The van der Waals surface area contributed by atoms with Crippen molar-refractivity contribution < 1.29 is 71.6 Å². The van der Waals surface area contributed by atoms with E-state index in [1.54, 1.807) is 0 Å². The summed E-state index contributed by atoms with van der Waals surface area (Å²) in [5.41, 5.74) is 3.34. The van der Waals surface area contributed by atoms with Gasteiger partial charge in [-0.15, -0.1) is 0 Å². The monoisotopic (exact) mass is 942 g/mol. The molecule has 0 bridgehead atoms. The average Bonchev–Trinajstić information content (AvgIpc) is 3.26. The van der Waals surface area contributed by atoms with Crippen molar-refractivity contribution in [3.63, 3.8) is 0 Å². The largest absolute Gasteiger partial charge is 1.00 e. The van der Waals surface area contributed by atoms with Crippen LogP contribution in [-0.4, -0.2) is 98.0 Å². The van der Waals surface area contributed by atoms with Crippen molar-refractivity contribution in [1.29, 1.82) is 0 Å². The van der Waals surface area contributed by atoms with Gasteiger partial charge in [-0.3, -0.25) is 19.2 Å². The number of nitrogens with zero attached hydrogens (tertiary/aromatic N) is 2. The van der Waals surface area contributed by atoms with Gasteiger partial charge in [0.1, 0.15) is 13.1 Å². The van der Waals surface area contributed by atoms with Crippen molar-refractivity contribution in [3.8, 4) is 0 Å². The Morgan fingerprint density at radius 1 is 0.450 bits per heavy atom. The molecule has 60 heavy (non-hydrogen) atoms. The Bertz CT molecular complexity index is 1800. The van der Waals surface area contributed by atoms with E-state index in [4.69, 9.17) is 9.47 Å². The number of benzene rings is 4. The summed E-state index contributed by atoms with van der Waals surface area (Å²) < 4.78 is 13.7. The van der Waals surface area contributed by atoms with Gasteiger partial charge in [0.15, 0.2) is 0 Å². The highest BCUT2D eigenvalue weighted by Gasteiger charge is 2.59. The topological polar surface area (TPSA) is 86.7 Å². The number of quaternary nitrogens is 2. The molecule has 0 aromatic heterocycles. The molecule has 7 rings (SSSR count). The van der Waals surface area contributed by atoms with Crippen LogP contribution in [0.5, 0.6) is 0 Å². The van der Waals surface area contributed by atoms with Crippen LogP contribution in [0.15, 0.2) is 121 Å². The van der Waals surface area contributed by atoms with Gasteiger partial charge >= 0.3 is 11.9 Å². The van der Waals surface area contributed by atoms with Gasteiger partial charge in [-0.25, -0.2) is 0 Å². The fraction of sp³-hybridized carbons (Fsp3) is 0.440. The van der Waals surface area contributed by atoms with Crippen molar-refractivity contribution in [2.45, 2.75) is 63.2 Å². The predicted octanol–water partition coefficient (Wildman–Crippen LogP) is 2.44. The number of esters is 2. The van der Waals surface area contributed by atoms with E-state index in [0.717, 1.165) is 96.2 Å². The normalized spacial score (nSPS) is 21.5. The SMILES string of the molecule is O=C(C[N+]1(CCCOC(=O)C2C(c3ccccc3)C(C(=O)OCCC[N+]3(CC(=O)c4ccccc4)CCCCC3)C2c2ccccc2)CCCCC1)c1ccccc1.[Br-].[Br-]. The summed E-state index contributed by atoms with van der Waals surface area (Å²) in [6, 6.07) is 38.7. The Morgan fingerprint density at radius 2 is 0.767 bits per heavy atom. The Kier molecular flexibility index (Phi) is 17.9. The van der Waals surface area contributed by atoms with Crippen LogP contribution in [0, 0.1) is 11.8 Å². The van der Waals surface area contributed by atoms with Gasteiger partial charge < -0.3 is 52.4 Å². The molecule has 10 heteroatoms. The van der Waals surface area contributed by atoms with Crippen LogP contribution >= 0.6 is 0 Å². The molecule has 0 N–H and O–H groups in total. The fourth-order valence-corrected chi connectivity index (χ4v) is 10.2. The second kappa shape index (κ2) is 22.8. The van der Waals surface area contributed by atoms with E-state index in [1.165, 1.54) is 12.8 Å². The number of halogens is 2. The molecule has 0 unspecified atom stereocenters. The zero-order valence-electron chi connectivity index (χ0n) is 34.7. The number of ether oxygens (including phenoxy) is 2. The van der Waals surface area contributed by atoms with Crippen molar-refractivity contribution in [2.24, 2.45) is 11.8 Å². The maximum absolute atomic E-state index is 14.3. The second-order valence-corrected chi connectivity index (χ2v) is 17.0. The van der Waals surface area contributed by atoms with E-state index < -0.39 is 11.8 Å². The van der Waals surface area contributed by atoms with Crippen LogP contribution in [-0.2, 0) is 19.1 Å². The number of carbonyl (C=O) groups excluding carboxylic acids is 4. The van der Waals surface area contributed by atoms with Gasteiger partial charge in [0, 0.05) is 35.8 Å². The van der Waals surface area contributed by atoms with Crippen molar-refractivity contribution in [3.05, 3.63) is 144 Å². The van der Waals surface area contributed by atoms with E-state index in [9.17, 15) is 19.2 Å². The minimum absolute atomic E-state index is 0. The highest BCUT2D eigenvalue weighted by Crippen LogP contribution is 2.58. The third-order valence-electron chi connectivity index (χ3n) is 13.2. The number of carbonyl (C=O) groups is 4. The highest BCUT2D eigenvalue weighted by atomic mass is 79.9. The van der Waals surface area contributed by atoms with Crippen LogP contribution in [0.1, 0.15) is 95.0 Å². The predicted molar refractivity (Wildman–Crippen MR) is 225 cm³/mol. The standard InChI is InChI=1S/C50H60N2O6.2BrH/c53-43(39-21-7-1-8-22-39)37-51(29-15-5-16-30-51)33-19-35-57-49(55)47-45(41-25-11-3-12-26-41)48(46(47)42-27-13-4-14-28-42)50(56)58-36-20-34-52(31-17-6-18-32-52)38-44(54)40-23-9-2-10-24-40;;/h1-4,7-14,21-28,45-48H,5-6,15-20,29-38H2;2*1H/q+2;;/p-2. The first-order valence-corrected chi connectivity index (χ1v) is 21.7. The van der Waals surface area contributed by atoms with Crippen molar-refractivity contribution >= 4 is 23.5 Å². The Morgan fingerprint density at radius 3 is 1.10 bits per heavy atom. The lowest BCUT2D eigenvalue weighted by Gasteiger charge is -2.49. The Labute approximate surface area is 377 Å². The molecule has 1 saturated carbocycles. The van der Waals surface area contributed by atoms with Crippen LogP contribution in [0.2, 0.25) is 0 Å². The van der Waals surface area contributed by atoms with Crippen LogP contribution < -0.4 is 34.0 Å². The molecule has 0 spiro atoms. The molecule has 0 amide bonds. The zero-order valence-corrected chi connectivity index (χ0v) is 37.9.